The summed E-state index contributed by atoms with van der Waals surface area (Å²) in [4.78, 5) is 0. The largest absolute Gasteiger partial charge is 0.378 e. The Bertz CT molecular complexity index is 1040. The number of benzene rings is 3. The molecule has 3 aromatic carbocycles. The summed E-state index contributed by atoms with van der Waals surface area (Å²) >= 11 is 13.7. The molecule has 0 spiro atoms. The first-order valence-electron chi connectivity index (χ1n) is 9.46. The number of nitrogens with zero attached hydrogens (tertiary/aromatic N) is 3. The molecule has 4 rings (SSSR count). The van der Waals surface area contributed by atoms with Gasteiger partial charge in [0.25, 0.3) is 0 Å². The molecular formula is C23H20Cl2N4S. The van der Waals surface area contributed by atoms with Crippen LogP contribution in [0.5, 0.6) is 0 Å². The van der Waals surface area contributed by atoms with E-state index in [4.69, 9.17) is 23.2 Å². The minimum absolute atomic E-state index is 0.556. The minimum Gasteiger partial charge on any atom is -0.378 e. The maximum absolute atomic E-state index is 6.09. The molecule has 0 radical (unpaired) electrons. The lowest BCUT2D eigenvalue weighted by atomic mass is 10.2. The first-order chi connectivity index (χ1) is 14.6. The molecule has 152 valence electrons. The first kappa shape index (κ1) is 20.8. The molecule has 0 fully saturated rings. The van der Waals surface area contributed by atoms with Crippen LogP contribution in [-0.2, 0) is 12.3 Å². The number of nitrogens with one attached hydrogen (secondary N) is 1. The molecule has 1 aromatic heterocycles. The fraction of sp³-hybridized carbons (Fsp3) is 0.130. The fourth-order valence-corrected chi connectivity index (χ4v) is 4.12. The van der Waals surface area contributed by atoms with Gasteiger partial charge in [-0.1, -0.05) is 64.8 Å². The standard InChI is InChI=1S/C23H20Cl2N4S/c1-16-2-10-20(11-3-16)26-14-22-27-28-23(29(22)21-12-8-19(25)9-13-21)30-15-17-4-6-18(24)7-5-17/h2-13,26H,14-15H2,1H3. The molecule has 4 nitrogen and oxygen atoms in total. The Kier molecular flexibility index (Phi) is 6.62. The van der Waals surface area contributed by atoms with Crippen molar-refractivity contribution in [3.63, 3.8) is 0 Å². The summed E-state index contributed by atoms with van der Waals surface area (Å²) in [6.45, 7) is 2.63. The van der Waals surface area contributed by atoms with Crippen molar-refractivity contribution in [1.29, 1.82) is 0 Å². The van der Waals surface area contributed by atoms with Crippen LogP contribution in [0.1, 0.15) is 17.0 Å². The zero-order valence-corrected chi connectivity index (χ0v) is 18.7. The Morgan fingerprint density at radius 1 is 0.833 bits per heavy atom. The van der Waals surface area contributed by atoms with Crippen LogP contribution < -0.4 is 5.32 Å². The van der Waals surface area contributed by atoms with Crippen LogP contribution in [0.4, 0.5) is 5.69 Å². The number of thioether (sulfide) groups is 1. The summed E-state index contributed by atoms with van der Waals surface area (Å²) in [6, 6.07) is 23.9. The van der Waals surface area contributed by atoms with Crippen LogP contribution in [0, 0.1) is 6.92 Å². The highest BCUT2D eigenvalue weighted by Crippen LogP contribution is 2.27. The molecule has 0 aliphatic heterocycles. The maximum atomic E-state index is 6.09. The van der Waals surface area contributed by atoms with Crippen LogP contribution in [0.25, 0.3) is 5.69 Å². The minimum atomic E-state index is 0.556. The molecule has 4 aromatic rings. The molecule has 0 bridgehead atoms. The van der Waals surface area contributed by atoms with Gasteiger partial charge in [0, 0.05) is 27.2 Å². The monoisotopic (exact) mass is 454 g/mol. The van der Waals surface area contributed by atoms with Crippen molar-refractivity contribution in [2.24, 2.45) is 0 Å². The van der Waals surface area contributed by atoms with E-state index in [1.54, 1.807) is 11.8 Å². The van der Waals surface area contributed by atoms with Gasteiger partial charge >= 0.3 is 0 Å². The average molecular weight is 455 g/mol. The quantitative estimate of drug-likeness (QED) is 0.312. The van der Waals surface area contributed by atoms with Gasteiger partial charge in [0.05, 0.1) is 6.54 Å². The second kappa shape index (κ2) is 9.56. The number of hydrogen-bond acceptors (Lipinski definition) is 4. The lowest BCUT2D eigenvalue weighted by Gasteiger charge is -2.12. The number of rotatable bonds is 7. The smallest absolute Gasteiger partial charge is 0.196 e. The molecule has 0 aliphatic carbocycles. The van der Waals surface area contributed by atoms with Gasteiger partial charge in [0.2, 0.25) is 0 Å². The van der Waals surface area contributed by atoms with Crippen molar-refractivity contribution >= 4 is 40.7 Å². The Morgan fingerprint density at radius 2 is 1.47 bits per heavy atom. The highest BCUT2D eigenvalue weighted by atomic mass is 35.5. The second-order valence-electron chi connectivity index (χ2n) is 6.85. The van der Waals surface area contributed by atoms with E-state index in [1.165, 1.54) is 11.1 Å². The van der Waals surface area contributed by atoms with Gasteiger partial charge < -0.3 is 5.32 Å². The summed E-state index contributed by atoms with van der Waals surface area (Å²) < 4.78 is 2.07. The molecule has 0 atom stereocenters. The third kappa shape index (κ3) is 5.17. The topological polar surface area (TPSA) is 42.7 Å². The van der Waals surface area contributed by atoms with Crippen LogP contribution >= 0.6 is 35.0 Å². The van der Waals surface area contributed by atoms with E-state index in [1.807, 2.05) is 48.5 Å². The lowest BCUT2D eigenvalue weighted by molar-refractivity contribution is 0.841. The van der Waals surface area contributed by atoms with Gasteiger partial charge in [-0.05, 0) is 61.0 Å². The van der Waals surface area contributed by atoms with Gasteiger partial charge in [-0.15, -0.1) is 10.2 Å². The number of halogens is 2. The summed E-state index contributed by atoms with van der Waals surface area (Å²) in [7, 11) is 0. The van der Waals surface area contributed by atoms with Crippen molar-refractivity contribution in [1.82, 2.24) is 14.8 Å². The summed E-state index contributed by atoms with van der Waals surface area (Å²) in [6.07, 6.45) is 0. The predicted octanol–water partition coefficient (Wildman–Crippen LogP) is 6.79. The molecule has 1 N–H and O–H groups in total. The highest BCUT2D eigenvalue weighted by Gasteiger charge is 2.15. The molecule has 0 unspecified atom stereocenters. The molecule has 0 saturated carbocycles. The SMILES string of the molecule is Cc1ccc(NCc2nnc(SCc3ccc(Cl)cc3)n2-c2ccc(Cl)cc2)cc1. The normalized spacial score (nSPS) is 10.9. The number of hydrogen-bond donors (Lipinski definition) is 1. The van der Waals surface area contributed by atoms with Gasteiger partial charge in [0.15, 0.2) is 11.0 Å². The van der Waals surface area contributed by atoms with E-state index in [-0.39, 0.29) is 0 Å². The Labute approximate surface area is 190 Å². The van der Waals surface area contributed by atoms with Gasteiger partial charge in [0.1, 0.15) is 0 Å². The molecule has 7 heteroatoms. The zero-order chi connectivity index (χ0) is 20.9. The van der Waals surface area contributed by atoms with E-state index in [9.17, 15) is 0 Å². The zero-order valence-electron chi connectivity index (χ0n) is 16.3. The van der Waals surface area contributed by atoms with Crippen molar-refractivity contribution in [2.45, 2.75) is 24.4 Å². The fourth-order valence-electron chi connectivity index (χ4n) is 2.94. The molecule has 30 heavy (non-hydrogen) atoms. The Morgan fingerprint density at radius 3 is 2.13 bits per heavy atom. The van der Waals surface area contributed by atoms with Crippen LogP contribution in [0.3, 0.4) is 0 Å². The Hall–Kier alpha value is -2.47. The molecule has 1 heterocycles. The summed E-state index contributed by atoms with van der Waals surface area (Å²) in [5.41, 5.74) is 4.42. The van der Waals surface area contributed by atoms with Crippen molar-refractivity contribution < 1.29 is 0 Å². The van der Waals surface area contributed by atoms with E-state index in [0.29, 0.717) is 11.6 Å². The average Bonchev–Trinajstić information content (AvgIpc) is 3.16. The number of anilines is 1. The van der Waals surface area contributed by atoms with E-state index in [2.05, 4.69) is 51.3 Å². The number of aryl methyl sites for hydroxylation is 1. The third-order valence-electron chi connectivity index (χ3n) is 4.57. The van der Waals surface area contributed by atoms with E-state index >= 15 is 0 Å². The van der Waals surface area contributed by atoms with Crippen molar-refractivity contribution in [3.05, 3.63) is 99.8 Å². The van der Waals surface area contributed by atoms with E-state index in [0.717, 1.165) is 33.1 Å². The second-order valence-corrected chi connectivity index (χ2v) is 8.66. The van der Waals surface area contributed by atoms with Crippen molar-refractivity contribution in [3.8, 4) is 5.69 Å². The first-order valence-corrected chi connectivity index (χ1v) is 11.2. The number of aromatic nitrogens is 3. The maximum Gasteiger partial charge on any atom is 0.196 e. The third-order valence-corrected chi connectivity index (χ3v) is 6.07. The summed E-state index contributed by atoms with van der Waals surface area (Å²) in [5, 5.41) is 14.6. The van der Waals surface area contributed by atoms with E-state index < -0.39 is 0 Å². The van der Waals surface area contributed by atoms with Crippen LogP contribution in [0.2, 0.25) is 10.0 Å². The predicted molar refractivity (Wildman–Crippen MR) is 126 cm³/mol. The molecule has 0 aliphatic rings. The van der Waals surface area contributed by atoms with Gasteiger partial charge in [-0.2, -0.15) is 0 Å². The molecule has 0 amide bonds. The Balaban J connectivity index is 1.58. The van der Waals surface area contributed by atoms with Crippen LogP contribution in [-0.4, -0.2) is 14.8 Å². The highest BCUT2D eigenvalue weighted by molar-refractivity contribution is 7.98. The lowest BCUT2D eigenvalue weighted by Crippen LogP contribution is -2.08. The molecule has 0 saturated heterocycles. The van der Waals surface area contributed by atoms with Gasteiger partial charge in [-0.25, -0.2) is 0 Å². The van der Waals surface area contributed by atoms with Gasteiger partial charge in [-0.3, -0.25) is 4.57 Å². The summed E-state index contributed by atoms with van der Waals surface area (Å²) in [5.74, 6) is 1.60. The molecular weight excluding hydrogens is 435 g/mol. The van der Waals surface area contributed by atoms with Crippen molar-refractivity contribution in [2.75, 3.05) is 5.32 Å². The van der Waals surface area contributed by atoms with Crippen LogP contribution in [0.15, 0.2) is 78.0 Å².